The molecule has 2 N–H and O–H groups in total. The summed E-state index contributed by atoms with van der Waals surface area (Å²) in [5, 5.41) is 20.8. The first kappa shape index (κ1) is 29.7. The molecule has 1 fully saturated rings. The number of nitrogens with zero attached hydrogens (tertiary/aromatic N) is 2. The Morgan fingerprint density at radius 3 is 2.32 bits per heavy atom. The van der Waals surface area contributed by atoms with Crippen LogP contribution in [0.1, 0.15) is 34.7 Å². The van der Waals surface area contributed by atoms with Gasteiger partial charge in [-0.1, -0.05) is 100 Å². The first-order chi connectivity index (χ1) is 19.7. The van der Waals surface area contributed by atoms with E-state index in [4.69, 9.17) is 16.3 Å². The van der Waals surface area contributed by atoms with E-state index in [0.717, 1.165) is 10.0 Å². The highest BCUT2D eigenvalue weighted by molar-refractivity contribution is 9.10. The highest BCUT2D eigenvalue weighted by atomic mass is 79.9. The number of halogens is 2. The van der Waals surface area contributed by atoms with Crippen molar-refractivity contribution in [3.05, 3.63) is 129 Å². The average Bonchev–Trinajstić information content (AvgIpc) is 3.27. The molecule has 0 unspecified atom stereocenters. The molecule has 1 heterocycles. The van der Waals surface area contributed by atoms with Crippen LogP contribution in [0.25, 0.3) is 0 Å². The number of rotatable bonds is 9. The summed E-state index contributed by atoms with van der Waals surface area (Å²) in [4.78, 5) is 4.23. The van der Waals surface area contributed by atoms with Gasteiger partial charge in [0.1, 0.15) is 22.3 Å². The highest BCUT2D eigenvalue weighted by Gasteiger charge is 2.62. The van der Waals surface area contributed by atoms with E-state index in [2.05, 4.69) is 20.9 Å². The third-order valence-electron chi connectivity index (χ3n) is 7.58. The van der Waals surface area contributed by atoms with Crippen LogP contribution in [0.4, 0.5) is 0 Å². The molecule has 7 nitrogen and oxygen atoms in total. The summed E-state index contributed by atoms with van der Waals surface area (Å²) in [6, 6.07) is 27.5. The van der Waals surface area contributed by atoms with Crippen molar-refractivity contribution < 1.29 is 23.4 Å². The Hall–Kier alpha value is -2.79. The number of sulfonamides is 1. The Balaban J connectivity index is 1.70. The molecule has 4 aromatic rings. The van der Waals surface area contributed by atoms with E-state index in [0.29, 0.717) is 16.1 Å². The van der Waals surface area contributed by atoms with E-state index >= 15 is 0 Å². The van der Waals surface area contributed by atoms with E-state index in [1.807, 2.05) is 84.9 Å². The summed E-state index contributed by atoms with van der Waals surface area (Å²) in [7, 11) is -2.55. The molecule has 0 amide bonds. The average molecular weight is 658 g/mol. The Morgan fingerprint density at radius 2 is 1.68 bits per heavy atom. The van der Waals surface area contributed by atoms with E-state index in [-0.39, 0.29) is 24.4 Å². The Bertz CT molecular complexity index is 1590. The number of aromatic nitrogens is 1. The van der Waals surface area contributed by atoms with Crippen molar-refractivity contribution in [2.45, 2.75) is 42.4 Å². The number of benzene rings is 3. The van der Waals surface area contributed by atoms with Crippen molar-refractivity contribution in [1.29, 1.82) is 0 Å². The second-order valence-corrected chi connectivity index (χ2v) is 13.7. The van der Waals surface area contributed by atoms with Gasteiger partial charge in [0.05, 0.1) is 17.7 Å². The van der Waals surface area contributed by atoms with Crippen molar-refractivity contribution in [1.82, 2.24) is 9.29 Å². The van der Waals surface area contributed by atoms with E-state index in [1.165, 1.54) is 17.5 Å². The molecule has 41 heavy (non-hydrogen) atoms. The van der Waals surface area contributed by atoms with Crippen LogP contribution in [0.5, 0.6) is 5.75 Å². The maximum atomic E-state index is 14.4. The molecule has 1 saturated carbocycles. The SMILES string of the molecule is CN(Cc1ccccc1)S(=O)(=O)[C@@H]1[C@@H](c2ccccc2)[C@@](Oc2cc(Cl)cnc2CO)(c2ccc(Br)cc2)C[C@@H]1O. The molecule has 1 aliphatic rings. The van der Waals surface area contributed by atoms with Crippen LogP contribution < -0.4 is 4.74 Å². The van der Waals surface area contributed by atoms with Gasteiger partial charge in [0.15, 0.2) is 0 Å². The van der Waals surface area contributed by atoms with Crippen molar-refractivity contribution in [3.8, 4) is 5.75 Å². The van der Waals surface area contributed by atoms with Crippen LogP contribution >= 0.6 is 27.5 Å². The van der Waals surface area contributed by atoms with Crippen molar-refractivity contribution in [2.24, 2.45) is 0 Å². The highest BCUT2D eigenvalue weighted by Crippen LogP contribution is 2.55. The summed E-state index contributed by atoms with van der Waals surface area (Å²) >= 11 is 9.77. The fourth-order valence-electron chi connectivity index (χ4n) is 5.72. The van der Waals surface area contributed by atoms with Crippen molar-refractivity contribution >= 4 is 37.6 Å². The molecular formula is C31H30BrClN2O5S. The Morgan fingerprint density at radius 1 is 1.05 bits per heavy atom. The molecule has 0 bridgehead atoms. The van der Waals surface area contributed by atoms with Crippen LogP contribution in [0, 0.1) is 0 Å². The molecule has 5 rings (SSSR count). The van der Waals surface area contributed by atoms with Crippen LogP contribution in [-0.2, 0) is 28.8 Å². The summed E-state index contributed by atoms with van der Waals surface area (Å²) < 4.78 is 37.6. The van der Waals surface area contributed by atoms with Gasteiger partial charge in [-0.3, -0.25) is 4.98 Å². The number of hydrogen-bond acceptors (Lipinski definition) is 6. The lowest BCUT2D eigenvalue weighted by Crippen LogP contribution is -2.45. The molecule has 4 atom stereocenters. The largest absolute Gasteiger partial charge is 0.480 e. The van der Waals surface area contributed by atoms with Crippen LogP contribution in [0.3, 0.4) is 0 Å². The lowest BCUT2D eigenvalue weighted by Gasteiger charge is -2.39. The number of ether oxygens (including phenoxy) is 1. The second kappa shape index (κ2) is 12.2. The van der Waals surface area contributed by atoms with Gasteiger partial charge in [0.2, 0.25) is 10.0 Å². The molecule has 214 valence electrons. The molecule has 1 aliphatic carbocycles. The summed E-state index contributed by atoms with van der Waals surface area (Å²) in [5.74, 6) is -0.625. The minimum atomic E-state index is -4.08. The molecular weight excluding hydrogens is 628 g/mol. The predicted octanol–water partition coefficient (Wildman–Crippen LogP) is 5.64. The topological polar surface area (TPSA) is 100.0 Å². The monoisotopic (exact) mass is 656 g/mol. The smallest absolute Gasteiger partial charge is 0.220 e. The lowest BCUT2D eigenvalue weighted by molar-refractivity contribution is 0.0389. The molecule has 0 aliphatic heterocycles. The third kappa shape index (κ3) is 5.93. The maximum Gasteiger partial charge on any atom is 0.220 e. The fourth-order valence-corrected chi connectivity index (χ4v) is 8.09. The summed E-state index contributed by atoms with van der Waals surface area (Å²) in [6.45, 7) is -0.268. The molecule has 0 spiro atoms. The van der Waals surface area contributed by atoms with Gasteiger partial charge in [0.25, 0.3) is 0 Å². The zero-order valence-electron chi connectivity index (χ0n) is 22.3. The number of aliphatic hydroxyl groups is 2. The number of pyridine rings is 1. The van der Waals surface area contributed by atoms with Crippen LogP contribution in [0.15, 0.2) is 102 Å². The molecule has 10 heteroatoms. The van der Waals surface area contributed by atoms with Crippen LogP contribution in [-0.4, -0.2) is 46.3 Å². The Kier molecular flexibility index (Phi) is 8.84. The standard InChI is InChI=1S/C31H30BrClN2O5S/c1-35(19-21-8-4-2-5-9-21)41(38,39)30-27(37)17-31(23-12-14-24(32)15-13-23,29(30)22-10-6-3-7-11-22)40-28-16-25(33)18-34-26(28)20-36/h2-16,18,27,29-30,36-37H,17,19-20H2,1H3/t27-,29+,30-,31-/m0/s1. The van der Waals surface area contributed by atoms with Gasteiger partial charge in [-0.2, -0.15) is 0 Å². The quantitative estimate of drug-likeness (QED) is 0.242. The number of aliphatic hydroxyl groups excluding tert-OH is 2. The van der Waals surface area contributed by atoms with Gasteiger partial charge < -0.3 is 14.9 Å². The van der Waals surface area contributed by atoms with Gasteiger partial charge in [-0.05, 0) is 28.8 Å². The minimum absolute atomic E-state index is 0.0331. The molecule has 0 radical (unpaired) electrons. The number of hydrogen-bond donors (Lipinski definition) is 2. The molecule has 3 aromatic carbocycles. The predicted molar refractivity (Wildman–Crippen MR) is 162 cm³/mol. The van der Waals surface area contributed by atoms with E-state index in [9.17, 15) is 18.6 Å². The first-order valence-corrected chi connectivity index (χ1v) is 15.8. The first-order valence-electron chi connectivity index (χ1n) is 13.1. The second-order valence-electron chi connectivity index (χ2n) is 10.2. The maximum absolute atomic E-state index is 14.4. The normalized spacial score (nSPS) is 22.6. The van der Waals surface area contributed by atoms with Crippen LogP contribution in [0.2, 0.25) is 5.02 Å². The van der Waals surface area contributed by atoms with E-state index < -0.39 is 39.5 Å². The van der Waals surface area contributed by atoms with Gasteiger partial charge >= 0.3 is 0 Å². The fraction of sp³-hybridized carbons (Fsp3) is 0.258. The van der Waals surface area contributed by atoms with E-state index in [1.54, 1.807) is 6.07 Å². The molecule has 1 aromatic heterocycles. The Labute approximate surface area is 253 Å². The zero-order valence-corrected chi connectivity index (χ0v) is 25.4. The van der Waals surface area contributed by atoms with Crippen molar-refractivity contribution in [3.63, 3.8) is 0 Å². The van der Waals surface area contributed by atoms with Gasteiger partial charge in [0, 0.05) is 42.7 Å². The molecule has 0 saturated heterocycles. The van der Waals surface area contributed by atoms with Gasteiger partial charge in [-0.25, -0.2) is 12.7 Å². The summed E-state index contributed by atoms with van der Waals surface area (Å²) in [6.07, 6.45) is 0.0991. The lowest BCUT2D eigenvalue weighted by atomic mass is 9.79. The van der Waals surface area contributed by atoms with Gasteiger partial charge in [-0.15, -0.1) is 0 Å². The third-order valence-corrected chi connectivity index (χ3v) is 10.6. The van der Waals surface area contributed by atoms with Crippen molar-refractivity contribution in [2.75, 3.05) is 7.05 Å². The minimum Gasteiger partial charge on any atom is -0.480 e. The summed E-state index contributed by atoms with van der Waals surface area (Å²) in [5.41, 5.74) is 1.08. The zero-order chi connectivity index (χ0) is 29.2.